The summed E-state index contributed by atoms with van der Waals surface area (Å²) in [5.74, 6) is 2.25. The van der Waals surface area contributed by atoms with Crippen LogP contribution in [0.25, 0.3) is 11.1 Å². The second kappa shape index (κ2) is 10.5. The smallest absolute Gasteiger partial charge is 0.227 e. The fraction of sp³-hybridized carbons (Fsp3) is 0.500. The molecule has 4 heteroatoms. The Bertz CT molecular complexity index is 824. The van der Waals surface area contributed by atoms with Gasteiger partial charge in [-0.05, 0) is 63.4 Å². The number of carbonyl (C=O) groups is 1. The number of benzene rings is 2. The Morgan fingerprint density at radius 3 is 2.43 bits per heavy atom. The van der Waals surface area contributed by atoms with Gasteiger partial charge in [-0.15, -0.1) is 11.8 Å². The summed E-state index contributed by atoms with van der Waals surface area (Å²) in [6, 6.07) is 16.9. The maximum atomic E-state index is 13.1. The zero-order valence-corrected chi connectivity index (χ0v) is 18.9. The van der Waals surface area contributed by atoms with Crippen molar-refractivity contribution in [2.45, 2.75) is 49.8 Å². The van der Waals surface area contributed by atoms with Gasteiger partial charge < -0.3 is 10.2 Å². The molecule has 1 amide bonds. The highest BCUT2D eigenvalue weighted by Crippen LogP contribution is 2.39. The predicted molar refractivity (Wildman–Crippen MR) is 128 cm³/mol. The maximum Gasteiger partial charge on any atom is 0.227 e. The van der Waals surface area contributed by atoms with Crippen LogP contribution in [0, 0.1) is 11.8 Å². The molecule has 160 valence electrons. The van der Waals surface area contributed by atoms with E-state index in [0.717, 1.165) is 41.3 Å². The van der Waals surface area contributed by atoms with Crippen LogP contribution in [-0.4, -0.2) is 36.7 Å². The first-order valence-electron chi connectivity index (χ1n) is 11.5. The van der Waals surface area contributed by atoms with Gasteiger partial charge in [-0.25, -0.2) is 0 Å². The van der Waals surface area contributed by atoms with E-state index in [1.54, 1.807) is 0 Å². The van der Waals surface area contributed by atoms with Crippen LogP contribution in [0.3, 0.4) is 0 Å². The Morgan fingerprint density at radius 1 is 0.967 bits per heavy atom. The highest BCUT2D eigenvalue weighted by molar-refractivity contribution is 7.99. The van der Waals surface area contributed by atoms with Crippen molar-refractivity contribution in [2.75, 3.05) is 31.2 Å². The zero-order chi connectivity index (χ0) is 20.8. The standard InChI is InChI=1S/C26H34N2OS/c1-28-17-15-20(16-18-28)19-30-24-14-8-13-23(21-9-4-2-5-10-21)25(24)27-26(29)22-11-6-3-7-12-22/h2,4-5,8-10,13-14,20,22H,3,6-7,11-12,15-19H2,1H3,(H,27,29). The molecule has 0 bridgehead atoms. The number of carbonyl (C=O) groups excluding carboxylic acids is 1. The minimum atomic E-state index is 0.161. The lowest BCUT2D eigenvalue weighted by molar-refractivity contribution is -0.120. The molecule has 4 rings (SSSR count). The Labute approximate surface area is 185 Å². The number of nitrogens with one attached hydrogen (secondary N) is 1. The third-order valence-electron chi connectivity index (χ3n) is 6.65. The first kappa shape index (κ1) is 21.5. The molecule has 0 unspecified atom stereocenters. The number of hydrogen-bond donors (Lipinski definition) is 1. The Hall–Kier alpha value is -1.78. The van der Waals surface area contributed by atoms with Gasteiger partial charge in [0.2, 0.25) is 5.91 Å². The van der Waals surface area contributed by atoms with Crippen LogP contribution >= 0.6 is 11.8 Å². The van der Waals surface area contributed by atoms with Crippen molar-refractivity contribution >= 4 is 23.4 Å². The molecule has 1 aliphatic carbocycles. The summed E-state index contributed by atoms with van der Waals surface area (Å²) in [5.41, 5.74) is 3.31. The van der Waals surface area contributed by atoms with Gasteiger partial charge in [0.05, 0.1) is 5.69 Å². The van der Waals surface area contributed by atoms with E-state index in [9.17, 15) is 4.79 Å². The predicted octanol–water partition coefficient (Wildman–Crippen LogP) is 6.31. The number of nitrogens with zero attached hydrogens (tertiary/aromatic N) is 1. The second-order valence-corrected chi connectivity index (χ2v) is 9.99. The normalized spacial score (nSPS) is 19.0. The van der Waals surface area contributed by atoms with Gasteiger partial charge in [0.25, 0.3) is 0 Å². The van der Waals surface area contributed by atoms with E-state index < -0.39 is 0 Å². The van der Waals surface area contributed by atoms with Crippen LogP contribution in [-0.2, 0) is 4.79 Å². The Morgan fingerprint density at radius 2 is 1.70 bits per heavy atom. The van der Waals surface area contributed by atoms with Crippen molar-refractivity contribution in [1.82, 2.24) is 4.90 Å². The molecule has 2 aromatic carbocycles. The Balaban J connectivity index is 1.56. The topological polar surface area (TPSA) is 32.3 Å². The average Bonchev–Trinajstić information content (AvgIpc) is 2.80. The summed E-state index contributed by atoms with van der Waals surface area (Å²) in [6.45, 7) is 2.39. The number of hydrogen-bond acceptors (Lipinski definition) is 3. The van der Waals surface area contributed by atoms with Crippen molar-refractivity contribution in [3.63, 3.8) is 0 Å². The van der Waals surface area contributed by atoms with Crippen molar-refractivity contribution in [2.24, 2.45) is 11.8 Å². The highest BCUT2D eigenvalue weighted by Gasteiger charge is 2.24. The van der Waals surface area contributed by atoms with E-state index >= 15 is 0 Å². The third-order valence-corrected chi connectivity index (χ3v) is 7.94. The molecular formula is C26H34N2OS. The molecule has 0 aromatic heterocycles. The number of thioether (sulfide) groups is 1. The number of anilines is 1. The lowest BCUT2D eigenvalue weighted by Gasteiger charge is -2.29. The maximum absolute atomic E-state index is 13.1. The molecule has 30 heavy (non-hydrogen) atoms. The fourth-order valence-electron chi connectivity index (χ4n) is 4.67. The van der Waals surface area contributed by atoms with E-state index in [2.05, 4.69) is 59.7 Å². The largest absolute Gasteiger partial charge is 0.324 e. The molecule has 0 spiro atoms. The van der Waals surface area contributed by atoms with E-state index in [1.165, 1.54) is 50.1 Å². The van der Waals surface area contributed by atoms with E-state index in [0.29, 0.717) is 0 Å². The molecule has 0 atom stereocenters. The zero-order valence-electron chi connectivity index (χ0n) is 18.1. The summed E-state index contributed by atoms with van der Waals surface area (Å²) in [7, 11) is 2.21. The molecule has 2 aliphatic rings. The number of likely N-dealkylation sites (tertiary alicyclic amines) is 1. The minimum Gasteiger partial charge on any atom is -0.324 e. The third kappa shape index (κ3) is 5.47. The van der Waals surface area contributed by atoms with Gasteiger partial charge in [-0.1, -0.05) is 61.7 Å². The van der Waals surface area contributed by atoms with Crippen LogP contribution in [0.2, 0.25) is 0 Å². The molecule has 1 aliphatic heterocycles. The van der Waals surface area contributed by atoms with Gasteiger partial charge in [0.15, 0.2) is 0 Å². The van der Waals surface area contributed by atoms with Gasteiger partial charge in [0.1, 0.15) is 0 Å². The van der Waals surface area contributed by atoms with Crippen LogP contribution in [0.1, 0.15) is 44.9 Å². The number of rotatable bonds is 6. The summed E-state index contributed by atoms with van der Waals surface area (Å²) < 4.78 is 0. The summed E-state index contributed by atoms with van der Waals surface area (Å²) in [4.78, 5) is 16.8. The van der Waals surface area contributed by atoms with E-state index in [4.69, 9.17) is 0 Å². The van der Waals surface area contributed by atoms with Crippen molar-refractivity contribution < 1.29 is 4.79 Å². The van der Waals surface area contributed by atoms with Crippen molar-refractivity contribution in [3.05, 3.63) is 48.5 Å². The highest BCUT2D eigenvalue weighted by atomic mass is 32.2. The Kier molecular flexibility index (Phi) is 7.51. The summed E-state index contributed by atoms with van der Waals surface area (Å²) >= 11 is 1.92. The molecule has 2 fully saturated rings. The number of para-hydroxylation sites is 1. The first-order chi connectivity index (χ1) is 14.7. The molecule has 1 saturated carbocycles. The second-order valence-electron chi connectivity index (χ2n) is 8.93. The van der Waals surface area contributed by atoms with Crippen LogP contribution in [0.15, 0.2) is 53.4 Å². The van der Waals surface area contributed by atoms with Gasteiger partial charge >= 0.3 is 0 Å². The van der Waals surface area contributed by atoms with E-state index in [1.807, 2.05) is 17.8 Å². The van der Waals surface area contributed by atoms with Crippen LogP contribution in [0.4, 0.5) is 5.69 Å². The molecule has 2 aromatic rings. The molecule has 1 N–H and O–H groups in total. The summed E-state index contributed by atoms with van der Waals surface area (Å²) in [6.07, 6.45) is 8.21. The SMILES string of the molecule is CN1CCC(CSc2cccc(-c3ccccc3)c2NC(=O)C2CCCCC2)CC1. The van der Waals surface area contributed by atoms with Crippen molar-refractivity contribution in [3.8, 4) is 11.1 Å². The molecule has 1 saturated heterocycles. The summed E-state index contributed by atoms with van der Waals surface area (Å²) in [5, 5.41) is 3.37. The van der Waals surface area contributed by atoms with Gasteiger partial charge in [-0.2, -0.15) is 0 Å². The van der Waals surface area contributed by atoms with E-state index in [-0.39, 0.29) is 11.8 Å². The van der Waals surface area contributed by atoms with Crippen LogP contribution < -0.4 is 5.32 Å². The number of piperidine rings is 1. The minimum absolute atomic E-state index is 0.161. The molecule has 3 nitrogen and oxygen atoms in total. The number of amides is 1. The molecule has 1 heterocycles. The lowest BCUT2D eigenvalue weighted by atomic mass is 9.88. The average molecular weight is 423 g/mol. The monoisotopic (exact) mass is 422 g/mol. The molecule has 0 radical (unpaired) electrons. The first-order valence-corrected chi connectivity index (χ1v) is 12.5. The van der Waals surface area contributed by atoms with Gasteiger partial charge in [0, 0.05) is 22.1 Å². The lowest BCUT2D eigenvalue weighted by Crippen LogP contribution is -2.31. The van der Waals surface area contributed by atoms with Crippen molar-refractivity contribution in [1.29, 1.82) is 0 Å². The molecular weight excluding hydrogens is 388 g/mol. The van der Waals surface area contributed by atoms with Crippen LogP contribution in [0.5, 0.6) is 0 Å². The fourth-order valence-corrected chi connectivity index (χ4v) is 5.89. The quantitative estimate of drug-likeness (QED) is 0.554. The van der Waals surface area contributed by atoms with Gasteiger partial charge in [-0.3, -0.25) is 4.79 Å².